The summed E-state index contributed by atoms with van der Waals surface area (Å²) in [7, 11) is 0. The van der Waals surface area contributed by atoms with Gasteiger partial charge in [0.1, 0.15) is 11.6 Å². The highest BCUT2D eigenvalue weighted by atomic mass is 19.1. The van der Waals surface area contributed by atoms with E-state index in [0.717, 1.165) is 24.6 Å². The number of nitrogens with one attached hydrogen (secondary N) is 1. The lowest BCUT2D eigenvalue weighted by Gasteiger charge is -2.27. The lowest BCUT2D eigenvalue weighted by Crippen LogP contribution is -2.30. The standard InChI is InChI=1S/C17H20FN3/c18-16-7-3-2-6-14(16)12-19-15-8-9-17(20-13-15)21-10-4-1-5-11-21/h2-3,6-9,13,19H,1,4-5,10-12H2. The van der Waals surface area contributed by atoms with Gasteiger partial charge in [-0.15, -0.1) is 0 Å². The summed E-state index contributed by atoms with van der Waals surface area (Å²) in [5.41, 5.74) is 1.58. The largest absolute Gasteiger partial charge is 0.380 e. The van der Waals surface area contributed by atoms with Gasteiger partial charge in [-0.05, 0) is 37.5 Å². The molecule has 1 fully saturated rings. The van der Waals surface area contributed by atoms with Gasteiger partial charge < -0.3 is 10.2 Å². The molecule has 0 saturated carbocycles. The van der Waals surface area contributed by atoms with Crippen LogP contribution in [0.4, 0.5) is 15.9 Å². The van der Waals surface area contributed by atoms with Crippen molar-refractivity contribution in [2.75, 3.05) is 23.3 Å². The van der Waals surface area contributed by atoms with Gasteiger partial charge in [0.2, 0.25) is 0 Å². The summed E-state index contributed by atoms with van der Waals surface area (Å²) < 4.78 is 13.5. The second-order valence-electron chi connectivity index (χ2n) is 5.40. The maximum atomic E-state index is 13.5. The molecule has 1 N–H and O–H groups in total. The molecule has 110 valence electrons. The minimum atomic E-state index is -0.178. The first-order valence-corrected chi connectivity index (χ1v) is 7.51. The highest BCUT2D eigenvalue weighted by Gasteiger charge is 2.11. The lowest BCUT2D eigenvalue weighted by molar-refractivity contribution is 0.573. The highest BCUT2D eigenvalue weighted by molar-refractivity contribution is 5.49. The molecule has 1 aromatic carbocycles. The molecule has 1 aliphatic rings. The lowest BCUT2D eigenvalue weighted by atomic mass is 10.1. The molecule has 2 heterocycles. The van der Waals surface area contributed by atoms with E-state index in [1.807, 2.05) is 24.4 Å². The van der Waals surface area contributed by atoms with E-state index in [1.165, 1.54) is 25.3 Å². The summed E-state index contributed by atoms with van der Waals surface area (Å²) in [6.45, 7) is 2.65. The van der Waals surface area contributed by atoms with Crippen molar-refractivity contribution in [1.29, 1.82) is 0 Å². The second kappa shape index (κ2) is 6.57. The number of anilines is 2. The quantitative estimate of drug-likeness (QED) is 0.925. The molecule has 0 atom stereocenters. The van der Waals surface area contributed by atoms with Crippen LogP contribution in [-0.2, 0) is 6.54 Å². The molecule has 0 aliphatic carbocycles. The summed E-state index contributed by atoms with van der Waals surface area (Å²) in [6, 6.07) is 10.9. The fourth-order valence-electron chi connectivity index (χ4n) is 2.64. The van der Waals surface area contributed by atoms with Crippen molar-refractivity contribution < 1.29 is 4.39 Å². The molecule has 3 rings (SSSR count). The molecule has 4 heteroatoms. The van der Waals surface area contributed by atoms with Crippen LogP contribution in [0.2, 0.25) is 0 Å². The smallest absolute Gasteiger partial charge is 0.128 e. The van der Waals surface area contributed by atoms with E-state index >= 15 is 0 Å². The Kier molecular flexibility index (Phi) is 4.34. The van der Waals surface area contributed by atoms with Gasteiger partial charge in [-0.1, -0.05) is 18.2 Å². The number of rotatable bonds is 4. The van der Waals surface area contributed by atoms with E-state index < -0.39 is 0 Å². The molecule has 0 unspecified atom stereocenters. The van der Waals surface area contributed by atoms with Crippen molar-refractivity contribution in [1.82, 2.24) is 4.98 Å². The first kappa shape index (κ1) is 13.9. The Morgan fingerprint density at radius 3 is 2.57 bits per heavy atom. The maximum absolute atomic E-state index is 13.5. The van der Waals surface area contributed by atoms with Crippen molar-refractivity contribution in [2.24, 2.45) is 0 Å². The first-order chi connectivity index (χ1) is 10.3. The average molecular weight is 285 g/mol. The summed E-state index contributed by atoms with van der Waals surface area (Å²) in [6.07, 6.45) is 5.63. The topological polar surface area (TPSA) is 28.2 Å². The molecule has 2 aromatic rings. The van der Waals surface area contributed by atoms with E-state index in [-0.39, 0.29) is 5.82 Å². The molecule has 0 spiro atoms. The fourth-order valence-corrected chi connectivity index (χ4v) is 2.64. The summed E-state index contributed by atoms with van der Waals surface area (Å²) >= 11 is 0. The number of piperidine rings is 1. The molecule has 0 radical (unpaired) electrons. The van der Waals surface area contributed by atoms with Crippen LogP contribution in [0.5, 0.6) is 0 Å². The van der Waals surface area contributed by atoms with E-state index in [9.17, 15) is 4.39 Å². The second-order valence-corrected chi connectivity index (χ2v) is 5.40. The Labute approximate surface area is 124 Å². The third-order valence-corrected chi connectivity index (χ3v) is 3.87. The molecule has 0 amide bonds. The number of pyridine rings is 1. The van der Waals surface area contributed by atoms with Crippen LogP contribution in [0.15, 0.2) is 42.6 Å². The Morgan fingerprint density at radius 2 is 1.86 bits per heavy atom. The first-order valence-electron chi connectivity index (χ1n) is 7.51. The fraction of sp³-hybridized carbons (Fsp3) is 0.353. The molecule has 1 saturated heterocycles. The Hall–Kier alpha value is -2.10. The van der Waals surface area contributed by atoms with Crippen molar-refractivity contribution in [2.45, 2.75) is 25.8 Å². The zero-order valence-electron chi connectivity index (χ0n) is 12.1. The molecule has 0 bridgehead atoms. The number of aromatic nitrogens is 1. The third-order valence-electron chi connectivity index (χ3n) is 3.87. The summed E-state index contributed by atoms with van der Waals surface area (Å²) in [5.74, 6) is 0.856. The van der Waals surface area contributed by atoms with E-state index in [2.05, 4.69) is 15.2 Å². The zero-order valence-corrected chi connectivity index (χ0v) is 12.1. The van der Waals surface area contributed by atoms with Crippen LogP contribution < -0.4 is 10.2 Å². The van der Waals surface area contributed by atoms with E-state index in [4.69, 9.17) is 0 Å². The Bertz CT molecular complexity index is 577. The van der Waals surface area contributed by atoms with Crippen LogP contribution in [0.1, 0.15) is 24.8 Å². The van der Waals surface area contributed by atoms with Crippen molar-refractivity contribution in [3.05, 3.63) is 54.0 Å². The predicted octanol–water partition coefficient (Wildman–Crippen LogP) is 3.82. The average Bonchev–Trinajstić information content (AvgIpc) is 2.55. The number of benzene rings is 1. The molecule has 3 nitrogen and oxygen atoms in total. The minimum Gasteiger partial charge on any atom is -0.380 e. The minimum absolute atomic E-state index is 0.178. The molecule has 1 aromatic heterocycles. The highest BCUT2D eigenvalue weighted by Crippen LogP contribution is 2.19. The zero-order chi connectivity index (χ0) is 14.5. The molecular formula is C17H20FN3. The van der Waals surface area contributed by atoms with E-state index in [1.54, 1.807) is 12.1 Å². The van der Waals surface area contributed by atoms with Gasteiger partial charge in [0.15, 0.2) is 0 Å². The van der Waals surface area contributed by atoms with E-state index in [0.29, 0.717) is 12.1 Å². The number of nitrogens with zero attached hydrogens (tertiary/aromatic N) is 2. The van der Waals surface area contributed by atoms with Crippen LogP contribution in [0, 0.1) is 5.82 Å². The Morgan fingerprint density at radius 1 is 1.05 bits per heavy atom. The van der Waals surface area contributed by atoms with Gasteiger partial charge in [0.25, 0.3) is 0 Å². The summed E-state index contributed by atoms with van der Waals surface area (Å²) in [4.78, 5) is 6.83. The maximum Gasteiger partial charge on any atom is 0.128 e. The van der Waals surface area contributed by atoms with Gasteiger partial charge in [0.05, 0.1) is 11.9 Å². The van der Waals surface area contributed by atoms with Crippen LogP contribution in [0.25, 0.3) is 0 Å². The molecule has 21 heavy (non-hydrogen) atoms. The predicted molar refractivity (Wildman–Crippen MR) is 84.0 cm³/mol. The monoisotopic (exact) mass is 285 g/mol. The van der Waals surface area contributed by atoms with Gasteiger partial charge >= 0.3 is 0 Å². The van der Waals surface area contributed by atoms with Crippen molar-refractivity contribution in [3.63, 3.8) is 0 Å². The van der Waals surface area contributed by atoms with Crippen molar-refractivity contribution in [3.8, 4) is 0 Å². The molecular weight excluding hydrogens is 265 g/mol. The van der Waals surface area contributed by atoms with Crippen molar-refractivity contribution >= 4 is 11.5 Å². The van der Waals surface area contributed by atoms with Crippen LogP contribution >= 0.6 is 0 Å². The van der Waals surface area contributed by atoms with Crippen LogP contribution in [0.3, 0.4) is 0 Å². The van der Waals surface area contributed by atoms with Gasteiger partial charge in [-0.2, -0.15) is 0 Å². The normalized spacial score (nSPS) is 15.0. The summed E-state index contributed by atoms with van der Waals surface area (Å²) in [5, 5.41) is 3.21. The van der Waals surface area contributed by atoms with Gasteiger partial charge in [0, 0.05) is 25.2 Å². The van der Waals surface area contributed by atoms with Gasteiger partial charge in [-0.3, -0.25) is 0 Å². The van der Waals surface area contributed by atoms with Crippen LogP contribution in [-0.4, -0.2) is 18.1 Å². The van der Waals surface area contributed by atoms with Gasteiger partial charge in [-0.25, -0.2) is 9.37 Å². The Balaban J connectivity index is 1.60. The number of hydrogen-bond acceptors (Lipinski definition) is 3. The SMILES string of the molecule is Fc1ccccc1CNc1ccc(N2CCCCC2)nc1. The number of halogens is 1. The number of hydrogen-bond donors (Lipinski definition) is 1. The third kappa shape index (κ3) is 3.51. The molecule has 1 aliphatic heterocycles.